The third-order valence-corrected chi connectivity index (χ3v) is 5.03. The van der Waals surface area contributed by atoms with Gasteiger partial charge in [0.25, 0.3) is 5.91 Å². The van der Waals surface area contributed by atoms with Crippen LogP contribution in [0.5, 0.6) is 0 Å². The number of fused-ring (bicyclic) bond motifs is 1. The topological polar surface area (TPSA) is 55.4 Å². The highest BCUT2D eigenvalue weighted by molar-refractivity contribution is 7.20. The van der Waals surface area contributed by atoms with Gasteiger partial charge in [0.1, 0.15) is 4.88 Å². The summed E-state index contributed by atoms with van der Waals surface area (Å²) in [4.78, 5) is 24.5. The number of carbonyl (C=O) groups is 2. The van der Waals surface area contributed by atoms with Crippen molar-refractivity contribution in [2.24, 2.45) is 0 Å². The third-order valence-electron chi connectivity index (χ3n) is 3.94. The van der Waals surface area contributed by atoms with Gasteiger partial charge in [0.05, 0.1) is 0 Å². The van der Waals surface area contributed by atoms with Gasteiger partial charge < -0.3 is 10.1 Å². The van der Waals surface area contributed by atoms with E-state index in [1.165, 1.54) is 11.3 Å². The molecule has 3 rings (SSSR count). The fraction of sp³-hybridized carbons (Fsp3) is 0.200. The maximum atomic E-state index is 12.1. The van der Waals surface area contributed by atoms with E-state index in [9.17, 15) is 9.59 Å². The molecule has 1 amide bonds. The zero-order valence-electron chi connectivity index (χ0n) is 13.9. The molecule has 5 heteroatoms. The van der Waals surface area contributed by atoms with Crippen LogP contribution in [0.3, 0.4) is 0 Å². The molecule has 1 atom stereocenters. The molecule has 1 heterocycles. The zero-order valence-corrected chi connectivity index (χ0v) is 14.7. The van der Waals surface area contributed by atoms with Gasteiger partial charge >= 0.3 is 5.97 Å². The summed E-state index contributed by atoms with van der Waals surface area (Å²) in [6.45, 7) is 2.27. The Kier molecular flexibility index (Phi) is 5.46. The van der Waals surface area contributed by atoms with E-state index in [-0.39, 0.29) is 18.4 Å². The van der Waals surface area contributed by atoms with Crippen molar-refractivity contribution in [1.29, 1.82) is 0 Å². The molecule has 0 radical (unpaired) electrons. The summed E-state index contributed by atoms with van der Waals surface area (Å²) in [7, 11) is 0. The van der Waals surface area contributed by atoms with Crippen LogP contribution in [-0.4, -0.2) is 25.0 Å². The van der Waals surface area contributed by atoms with Gasteiger partial charge in [0.2, 0.25) is 0 Å². The summed E-state index contributed by atoms with van der Waals surface area (Å²) >= 11 is 1.37. The van der Waals surface area contributed by atoms with Gasteiger partial charge in [-0.2, -0.15) is 0 Å². The lowest BCUT2D eigenvalue weighted by Crippen LogP contribution is -2.31. The summed E-state index contributed by atoms with van der Waals surface area (Å²) < 4.78 is 6.14. The maximum Gasteiger partial charge on any atom is 0.348 e. The van der Waals surface area contributed by atoms with Crippen molar-refractivity contribution in [1.82, 2.24) is 5.32 Å². The first-order valence-electron chi connectivity index (χ1n) is 8.11. The van der Waals surface area contributed by atoms with Gasteiger partial charge in [0.15, 0.2) is 6.61 Å². The average molecular weight is 353 g/mol. The number of esters is 1. The predicted molar refractivity (Wildman–Crippen MR) is 100.0 cm³/mol. The van der Waals surface area contributed by atoms with Crippen LogP contribution in [0, 0.1) is 0 Å². The number of hydrogen-bond acceptors (Lipinski definition) is 4. The van der Waals surface area contributed by atoms with E-state index in [0.29, 0.717) is 11.4 Å². The minimum Gasteiger partial charge on any atom is -0.451 e. The summed E-state index contributed by atoms with van der Waals surface area (Å²) in [5, 5.41) is 3.80. The molecule has 0 unspecified atom stereocenters. The standard InChI is InChI=1S/C20H19NO3S/c1-14(15-7-3-2-4-8-15)12-21-19(22)13-24-20(23)18-11-16-9-5-6-10-17(16)25-18/h2-11,14H,12-13H2,1H3,(H,21,22)/t14-/m1/s1. The molecule has 1 N–H and O–H groups in total. The second kappa shape index (κ2) is 7.94. The Bertz CT molecular complexity index is 840. The Balaban J connectivity index is 1.47. The third kappa shape index (κ3) is 4.45. The van der Waals surface area contributed by atoms with E-state index in [1.807, 2.05) is 61.5 Å². The second-order valence-corrected chi connectivity index (χ2v) is 6.92. The zero-order chi connectivity index (χ0) is 17.6. The lowest BCUT2D eigenvalue weighted by molar-refractivity contribution is -0.124. The minimum absolute atomic E-state index is 0.198. The number of ether oxygens (including phenoxy) is 1. The molecule has 1 aromatic heterocycles. The summed E-state index contributed by atoms with van der Waals surface area (Å²) in [5.41, 5.74) is 1.16. The lowest BCUT2D eigenvalue weighted by Gasteiger charge is -2.13. The Hall–Kier alpha value is -2.66. The number of amides is 1. The first kappa shape index (κ1) is 17.2. The van der Waals surface area contributed by atoms with Crippen LogP contribution in [0.4, 0.5) is 0 Å². The van der Waals surface area contributed by atoms with Crippen LogP contribution in [0.15, 0.2) is 60.7 Å². The van der Waals surface area contributed by atoms with E-state index < -0.39 is 5.97 Å². The monoisotopic (exact) mass is 353 g/mol. The molecule has 128 valence electrons. The highest BCUT2D eigenvalue weighted by atomic mass is 32.1. The Labute approximate surface area is 150 Å². The number of nitrogens with one attached hydrogen (secondary N) is 1. The quantitative estimate of drug-likeness (QED) is 0.682. The number of rotatable bonds is 6. The molecule has 0 aliphatic carbocycles. The van der Waals surface area contributed by atoms with Crippen LogP contribution < -0.4 is 5.32 Å². The summed E-state index contributed by atoms with van der Waals surface area (Å²) in [6, 6.07) is 19.5. The molecule has 0 spiro atoms. The number of benzene rings is 2. The number of hydrogen-bond donors (Lipinski definition) is 1. The molecule has 0 bridgehead atoms. The number of carbonyl (C=O) groups excluding carboxylic acids is 2. The van der Waals surface area contributed by atoms with Crippen LogP contribution >= 0.6 is 11.3 Å². The average Bonchev–Trinajstić information content (AvgIpc) is 3.09. The highest BCUT2D eigenvalue weighted by Gasteiger charge is 2.14. The van der Waals surface area contributed by atoms with E-state index in [4.69, 9.17) is 4.74 Å². The number of thiophene rings is 1. The van der Waals surface area contributed by atoms with Crippen molar-refractivity contribution in [2.75, 3.05) is 13.2 Å². The Morgan fingerprint density at radius 3 is 2.56 bits per heavy atom. The highest BCUT2D eigenvalue weighted by Crippen LogP contribution is 2.25. The molecular formula is C20H19NO3S. The molecular weight excluding hydrogens is 334 g/mol. The SMILES string of the molecule is C[C@H](CNC(=O)COC(=O)c1cc2ccccc2s1)c1ccccc1. The summed E-state index contributed by atoms with van der Waals surface area (Å²) in [6.07, 6.45) is 0. The van der Waals surface area contributed by atoms with Gasteiger partial charge in [-0.05, 0) is 29.0 Å². The van der Waals surface area contributed by atoms with Crippen molar-refractivity contribution in [3.05, 3.63) is 71.1 Å². The Morgan fingerprint density at radius 1 is 1.08 bits per heavy atom. The van der Waals surface area contributed by atoms with Gasteiger partial charge in [-0.15, -0.1) is 11.3 Å². The minimum atomic E-state index is -0.465. The smallest absolute Gasteiger partial charge is 0.348 e. The van der Waals surface area contributed by atoms with Crippen molar-refractivity contribution in [2.45, 2.75) is 12.8 Å². The first-order valence-corrected chi connectivity index (χ1v) is 8.92. The van der Waals surface area contributed by atoms with E-state index in [1.54, 1.807) is 6.07 Å². The van der Waals surface area contributed by atoms with Crippen molar-refractivity contribution in [3.63, 3.8) is 0 Å². The molecule has 0 aliphatic rings. The van der Waals surface area contributed by atoms with Crippen molar-refractivity contribution < 1.29 is 14.3 Å². The molecule has 0 saturated heterocycles. The van der Waals surface area contributed by atoms with Crippen LogP contribution in [-0.2, 0) is 9.53 Å². The molecule has 0 fully saturated rings. The first-order chi connectivity index (χ1) is 12.1. The molecule has 0 aliphatic heterocycles. The second-order valence-electron chi connectivity index (χ2n) is 5.84. The van der Waals surface area contributed by atoms with Crippen LogP contribution in [0.25, 0.3) is 10.1 Å². The van der Waals surface area contributed by atoms with Crippen LogP contribution in [0.1, 0.15) is 28.1 Å². The van der Waals surface area contributed by atoms with Gasteiger partial charge in [-0.25, -0.2) is 4.79 Å². The lowest BCUT2D eigenvalue weighted by atomic mass is 10.0. The molecule has 25 heavy (non-hydrogen) atoms. The largest absolute Gasteiger partial charge is 0.451 e. The molecule has 0 saturated carbocycles. The van der Waals surface area contributed by atoms with Crippen molar-refractivity contribution in [3.8, 4) is 0 Å². The molecule has 4 nitrogen and oxygen atoms in total. The predicted octanol–water partition coefficient (Wildman–Crippen LogP) is 3.98. The van der Waals surface area contributed by atoms with Crippen molar-refractivity contribution >= 4 is 33.3 Å². The summed E-state index contributed by atoms with van der Waals surface area (Å²) in [5.74, 6) is -0.562. The fourth-order valence-electron chi connectivity index (χ4n) is 2.50. The van der Waals surface area contributed by atoms with Gasteiger partial charge in [0, 0.05) is 11.2 Å². The molecule has 2 aromatic carbocycles. The van der Waals surface area contributed by atoms with Crippen LogP contribution in [0.2, 0.25) is 0 Å². The maximum absolute atomic E-state index is 12.1. The van der Waals surface area contributed by atoms with E-state index in [0.717, 1.165) is 15.6 Å². The normalized spacial score (nSPS) is 11.9. The molecule has 3 aromatic rings. The Morgan fingerprint density at radius 2 is 1.80 bits per heavy atom. The van der Waals surface area contributed by atoms with E-state index in [2.05, 4.69) is 5.32 Å². The van der Waals surface area contributed by atoms with Gasteiger partial charge in [-0.1, -0.05) is 55.5 Å². The van der Waals surface area contributed by atoms with E-state index >= 15 is 0 Å². The van der Waals surface area contributed by atoms with Gasteiger partial charge in [-0.3, -0.25) is 4.79 Å². The fourth-order valence-corrected chi connectivity index (χ4v) is 3.46.